The van der Waals surface area contributed by atoms with Crippen molar-refractivity contribution in [2.24, 2.45) is 0 Å². The third-order valence-corrected chi connectivity index (χ3v) is 5.14. The molecule has 106 valence electrons. The molecule has 0 fully saturated rings. The van der Waals surface area contributed by atoms with E-state index in [1.54, 1.807) is 7.11 Å². The summed E-state index contributed by atoms with van der Waals surface area (Å²) in [7, 11) is 1.74. The lowest BCUT2D eigenvalue weighted by Gasteiger charge is -2.29. The zero-order valence-electron chi connectivity index (χ0n) is 12.1. The van der Waals surface area contributed by atoms with Crippen LogP contribution in [-0.4, -0.2) is 7.11 Å². The summed E-state index contributed by atoms with van der Waals surface area (Å²) in [4.78, 5) is 1.41. The highest BCUT2D eigenvalue weighted by Crippen LogP contribution is 2.34. The molecular formula is C17H21NOS. The molecule has 0 spiro atoms. The standard InChI is InChI=1S/C17H21NOS/c1-12(17-7-4-10-20-17)18-16-6-3-5-13-11-14(19-2)8-9-15(13)16/h4,7-12,16,18H,3,5-6H2,1-2H3/t12-,16?/m1/s1. The van der Waals surface area contributed by atoms with E-state index in [0.717, 1.165) is 12.2 Å². The molecule has 1 aromatic heterocycles. The van der Waals surface area contributed by atoms with Crippen LogP contribution in [-0.2, 0) is 6.42 Å². The maximum absolute atomic E-state index is 5.34. The summed E-state index contributed by atoms with van der Waals surface area (Å²) < 4.78 is 5.34. The Kier molecular flexibility index (Phi) is 4.08. The number of rotatable bonds is 4. The molecule has 2 aromatic rings. The van der Waals surface area contributed by atoms with E-state index >= 15 is 0 Å². The van der Waals surface area contributed by atoms with Crippen LogP contribution < -0.4 is 10.1 Å². The van der Waals surface area contributed by atoms with Crippen LogP contribution in [0.1, 0.15) is 47.9 Å². The number of hydrogen-bond donors (Lipinski definition) is 1. The van der Waals surface area contributed by atoms with Gasteiger partial charge in [0.05, 0.1) is 7.11 Å². The number of ether oxygens (including phenoxy) is 1. The van der Waals surface area contributed by atoms with Gasteiger partial charge < -0.3 is 10.1 Å². The Balaban J connectivity index is 1.79. The monoisotopic (exact) mass is 287 g/mol. The molecule has 1 heterocycles. The summed E-state index contributed by atoms with van der Waals surface area (Å²) in [5, 5.41) is 5.93. The van der Waals surface area contributed by atoms with Crippen molar-refractivity contribution in [2.45, 2.75) is 38.3 Å². The summed E-state index contributed by atoms with van der Waals surface area (Å²) >= 11 is 1.82. The molecule has 0 saturated heterocycles. The molecule has 3 heteroatoms. The molecule has 3 rings (SSSR count). The van der Waals surface area contributed by atoms with Crippen LogP contribution in [0.15, 0.2) is 35.7 Å². The number of aryl methyl sites for hydroxylation is 1. The molecular weight excluding hydrogens is 266 g/mol. The smallest absolute Gasteiger partial charge is 0.119 e. The van der Waals surface area contributed by atoms with Gasteiger partial charge in [-0.3, -0.25) is 0 Å². The van der Waals surface area contributed by atoms with Crippen molar-refractivity contribution in [1.29, 1.82) is 0 Å². The molecule has 2 nitrogen and oxygen atoms in total. The van der Waals surface area contributed by atoms with Crippen molar-refractivity contribution in [3.05, 3.63) is 51.7 Å². The minimum atomic E-state index is 0.410. The van der Waals surface area contributed by atoms with Gasteiger partial charge in [0.2, 0.25) is 0 Å². The lowest BCUT2D eigenvalue weighted by molar-refractivity contribution is 0.404. The van der Waals surface area contributed by atoms with E-state index in [9.17, 15) is 0 Å². The predicted molar refractivity (Wildman–Crippen MR) is 84.5 cm³/mol. The molecule has 20 heavy (non-hydrogen) atoms. The van der Waals surface area contributed by atoms with Crippen LogP contribution in [0.2, 0.25) is 0 Å². The van der Waals surface area contributed by atoms with Crippen molar-refractivity contribution in [3.63, 3.8) is 0 Å². The number of methoxy groups -OCH3 is 1. The molecule has 1 aliphatic rings. The Labute approximate surface area is 124 Å². The highest BCUT2D eigenvalue weighted by molar-refractivity contribution is 7.10. The van der Waals surface area contributed by atoms with Crippen molar-refractivity contribution in [2.75, 3.05) is 7.11 Å². The molecule has 0 aliphatic heterocycles. The van der Waals surface area contributed by atoms with E-state index in [0.29, 0.717) is 12.1 Å². The zero-order valence-corrected chi connectivity index (χ0v) is 12.9. The van der Waals surface area contributed by atoms with Gasteiger partial charge in [0.1, 0.15) is 5.75 Å². The first kappa shape index (κ1) is 13.7. The van der Waals surface area contributed by atoms with Gasteiger partial charge in [-0.1, -0.05) is 12.1 Å². The van der Waals surface area contributed by atoms with Crippen molar-refractivity contribution in [1.82, 2.24) is 5.32 Å². The van der Waals surface area contributed by atoms with E-state index in [4.69, 9.17) is 4.74 Å². The van der Waals surface area contributed by atoms with Gasteiger partial charge in [-0.05, 0) is 60.9 Å². The summed E-state index contributed by atoms with van der Waals surface area (Å²) in [5.41, 5.74) is 2.88. The maximum Gasteiger partial charge on any atom is 0.119 e. The Morgan fingerprint density at radius 1 is 1.35 bits per heavy atom. The third-order valence-electron chi connectivity index (χ3n) is 4.09. The van der Waals surface area contributed by atoms with Crippen LogP contribution in [0.3, 0.4) is 0 Å². The maximum atomic E-state index is 5.34. The third kappa shape index (κ3) is 2.74. The van der Waals surface area contributed by atoms with Crippen LogP contribution in [0, 0.1) is 0 Å². The second-order valence-corrected chi connectivity index (χ2v) is 6.39. The fourth-order valence-corrected chi connectivity index (χ4v) is 3.76. The van der Waals surface area contributed by atoms with Gasteiger partial charge >= 0.3 is 0 Å². The van der Waals surface area contributed by atoms with Crippen molar-refractivity contribution >= 4 is 11.3 Å². The minimum absolute atomic E-state index is 0.410. The molecule has 0 saturated carbocycles. The second kappa shape index (κ2) is 5.98. The first-order valence-electron chi connectivity index (χ1n) is 7.24. The Morgan fingerprint density at radius 3 is 3.00 bits per heavy atom. The average molecular weight is 287 g/mol. The van der Waals surface area contributed by atoms with Crippen molar-refractivity contribution < 1.29 is 4.74 Å². The highest BCUT2D eigenvalue weighted by atomic mass is 32.1. The van der Waals surface area contributed by atoms with Gasteiger partial charge in [-0.25, -0.2) is 0 Å². The molecule has 1 aromatic carbocycles. The molecule has 0 bridgehead atoms. The first-order chi connectivity index (χ1) is 9.78. The predicted octanol–water partition coefficient (Wildman–Crippen LogP) is 4.48. The van der Waals surface area contributed by atoms with Gasteiger partial charge in [0.15, 0.2) is 0 Å². The van der Waals surface area contributed by atoms with Gasteiger partial charge in [0.25, 0.3) is 0 Å². The van der Waals surface area contributed by atoms with Gasteiger partial charge in [-0.15, -0.1) is 11.3 Å². The number of benzene rings is 1. The second-order valence-electron chi connectivity index (χ2n) is 5.41. The largest absolute Gasteiger partial charge is 0.497 e. The van der Waals surface area contributed by atoms with E-state index < -0.39 is 0 Å². The van der Waals surface area contributed by atoms with Crippen molar-refractivity contribution in [3.8, 4) is 5.75 Å². The van der Waals surface area contributed by atoms with E-state index in [1.165, 1.54) is 28.8 Å². The first-order valence-corrected chi connectivity index (χ1v) is 8.12. The topological polar surface area (TPSA) is 21.3 Å². The van der Waals surface area contributed by atoms with E-state index in [1.807, 2.05) is 11.3 Å². The van der Waals surface area contributed by atoms with Crippen LogP contribution in [0.5, 0.6) is 5.75 Å². The highest BCUT2D eigenvalue weighted by Gasteiger charge is 2.22. The normalized spacial score (nSPS) is 19.4. The number of fused-ring (bicyclic) bond motifs is 1. The fourth-order valence-electron chi connectivity index (χ4n) is 3.01. The molecule has 2 atom stereocenters. The Bertz CT molecular complexity index is 564. The average Bonchev–Trinajstić information content (AvgIpc) is 3.01. The van der Waals surface area contributed by atoms with Crippen LogP contribution in [0.4, 0.5) is 0 Å². The Morgan fingerprint density at radius 2 is 2.25 bits per heavy atom. The zero-order chi connectivity index (χ0) is 13.9. The summed E-state index contributed by atoms with van der Waals surface area (Å²) in [5.74, 6) is 0.968. The van der Waals surface area contributed by atoms with E-state index in [2.05, 4.69) is 48.0 Å². The van der Waals surface area contributed by atoms with Gasteiger partial charge in [0, 0.05) is 17.0 Å². The molecule has 1 unspecified atom stereocenters. The van der Waals surface area contributed by atoms with E-state index in [-0.39, 0.29) is 0 Å². The summed E-state index contributed by atoms with van der Waals surface area (Å²) in [6.45, 7) is 2.25. The number of nitrogens with one attached hydrogen (secondary N) is 1. The SMILES string of the molecule is COc1ccc2c(c1)CCCC2N[C@H](C)c1cccs1. The lowest BCUT2D eigenvalue weighted by atomic mass is 9.87. The molecule has 1 N–H and O–H groups in total. The molecule has 0 radical (unpaired) electrons. The minimum Gasteiger partial charge on any atom is -0.497 e. The van der Waals surface area contributed by atoms with Crippen LogP contribution in [0.25, 0.3) is 0 Å². The summed E-state index contributed by atoms with van der Waals surface area (Å²) in [6.07, 6.45) is 3.63. The molecule has 1 aliphatic carbocycles. The Hall–Kier alpha value is -1.32. The quantitative estimate of drug-likeness (QED) is 0.895. The lowest BCUT2D eigenvalue weighted by Crippen LogP contribution is -2.27. The van der Waals surface area contributed by atoms with Gasteiger partial charge in [-0.2, -0.15) is 0 Å². The fraction of sp³-hybridized carbons (Fsp3) is 0.412. The number of hydrogen-bond acceptors (Lipinski definition) is 3. The number of thiophene rings is 1. The summed E-state index contributed by atoms with van der Waals surface area (Å²) in [6, 6.07) is 11.7. The van der Waals surface area contributed by atoms with Crippen LogP contribution >= 0.6 is 11.3 Å². The molecule has 0 amide bonds.